The molecule has 0 aromatic carbocycles. The molecule has 0 saturated heterocycles. The summed E-state index contributed by atoms with van der Waals surface area (Å²) in [6, 6.07) is 0. The molecule has 0 heterocycles. The van der Waals surface area contributed by atoms with E-state index in [2.05, 4.69) is 13.8 Å². The van der Waals surface area contributed by atoms with Crippen molar-refractivity contribution in [3.05, 3.63) is 0 Å². The van der Waals surface area contributed by atoms with E-state index in [1.807, 2.05) is 0 Å². The van der Waals surface area contributed by atoms with Gasteiger partial charge in [-0.05, 0) is 12.8 Å². The summed E-state index contributed by atoms with van der Waals surface area (Å²) in [4.78, 5) is 0. The highest BCUT2D eigenvalue weighted by Gasteiger charge is 2.21. The lowest BCUT2D eigenvalue weighted by Crippen LogP contribution is -2.43. The molecule has 0 aromatic heterocycles. The summed E-state index contributed by atoms with van der Waals surface area (Å²) in [5.74, 6) is 0. The predicted molar refractivity (Wildman–Crippen MR) is 53.1 cm³/mol. The molecule has 1 atom stereocenters. The molecule has 0 aliphatic rings. The number of aliphatic hydroxyl groups is 1. The van der Waals surface area contributed by atoms with Gasteiger partial charge in [-0.15, -0.1) is 0 Å². The molecule has 0 aliphatic carbocycles. The van der Waals surface area contributed by atoms with E-state index in [1.54, 1.807) is 0 Å². The van der Waals surface area contributed by atoms with Crippen LogP contribution in [0.4, 0.5) is 0 Å². The van der Waals surface area contributed by atoms with Crippen molar-refractivity contribution in [1.82, 2.24) is 0 Å². The number of nitrogens with two attached hydrogens (primary N) is 1. The van der Waals surface area contributed by atoms with Crippen molar-refractivity contribution >= 4 is 0 Å². The van der Waals surface area contributed by atoms with Gasteiger partial charge in [0.15, 0.2) is 0 Å². The van der Waals surface area contributed by atoms with E-state index >= 15 is 0 Å². The molecule has 0 radical (unpaired) electrons. The molecule has 0 saturated carbocycles. The third kappa shape index (κ3) is 4.73. The number of aliphatic hydroxyl groups excluding tert-OH is 1. The summed E-state index contributed by atoms with van der Waals surface area (Å²) in [5, 5.41) is 9.09. The van der Waals surface area contributed by atoms with Crippen LogP contribution < -0.4 is 5.73 Å². The molecule has 0 spiro atoms. The summed E-state index contributed by atoms with van der Waals surface area (Å²) < 4.78 is 0. The number of hydrogen-bond donors (Lipinski definition) is 2. The van der Waals surface area contributed by atoms with Crippen LogP contribution in [-0.4, -0.2) is 17.3 Å². The van der Waals surface area contributed by atoms with Gasteiger partial charge < -0.3 is 10.8 Å². The first-order valence-corrected chi connectivity index (χ1v) is 5.08. The fourth-order valence-corrected chi connectivity index (χ4v) is 1.51. The summed E-state index contributed by atoms with van der Waals surface area (Å²) in [6.07, 6.45) is 6.55. The Labute approximate surface area is 76.2 Å². The maximum Gasteiger partial charge on any atom is 0.0611 e. The standard InChI is InChI=1S/C10H23NO/c1-3-5-6-8-10(11,9-12)7-4-2/h12H,3-9,11H2,1-2H3. The second-order valence-corrected chi connectivity index (χ2v) is 3.73. The van der Waals surface area contributed by atoms with Crippen LogP contribution >= 0.6 is 0 Å². The predicted octanol–water partition coefficient (Wildman–Crippen LogP) is 2.06. The molecule has 0 bridgehead atoms. The molecule has 12 heavy (non-hydrogen) atoms. The van der Waals surface area contributed by atoms with Crippen molar-refractivity contribution in [2.24, 2.45) is 5.73 Å². The Balaban J connectivity index is 3.63. The highest BCUT2D eigenvalue weighted by molar-refractivity contribution is 4.82. The minimum atomic E-state index is -0.302. The van der Waals surface area contributed by atoms with Gasteiger partial charge in [0.25, 0.3) is 0 Å². The molecule has 2 nitrogen and oxygen atoms in total. The van der Waals surface area contributed by atoms with Gasteiger partial charge in [0.05, 0.1) is 6.61 Å². The van der Waals surface area contributed by atoms with Gasteiger partial charge in [0.2, 0.25) is 0 Å². The van der Waals surface area contributed by atoms with Crippen molar-refractivity contribution in [3.8, 4) is 0 Å². The number of rotatable bonds is 7. The monoisotopic (exact) mass is 173 g/mol. The van der Waals surface area contributed by atoms with Crippen molar-refractivity contribution in [2.75, 3.05) is 6.61 Å². The van der Waals surface area contributed by atoms with Crippen molar-refractivity contribution in [1.29, 1.82) is 0 Å². The lowest BCUT2D eigenvalue weighted by atomic mass is 9.90. The molecule has 74 valence electrons. The van der Waals surface area contributed by atoms with E-state index in [1.165, 1.54) is 12.8 Å². The van der Waals surface area contributed by atoms with Crippen LogP contribution in [0.3, 0.4) is 0 Å². The molecule has 0 fully saturated rings. The summed E-state index contributed by atoms with van der Waals surface area (Å²) in [5.41, 5.74) is 5.70. The minimum absolute atomic E-state index is 0.130. The Kier molecular flexibility index (Phi) is 6.39. The van der Waals surface area contributed by atoms with Crippen molar-refractivity contribution in [3.63, 3.8) is 0 Å². The normalized spacial score (nSPS) is 16.0. The SMILES string of the molecule is CCCCCC(N)(CO)CCC. The number of hydrogen-bond acceptors (Lipinski definition) is 2. The smallest absolute Gasteiger partial charge is 0.0611 e. The first kappa shape index (κ1) is 11.9. The second-order valence-electron chi connectivity index (χ2n) is 3.73. The molecule has 0 rings (SSSR count). The van der Waals surface area contributed by atoms with Crippen LogP contribution in [0, 0.1) is 0 Å². The summed E-state index contributed by atoms with van der Waals surface area (Å²) >= 11 is 0. The van der Waals surface area contributed by atoms with Gasteiger partial charge in [-0.3, -0.25) is 0 Å². The largest absolute Gasteiger partial charge is 0.394 e. The highest BCUT2D eigenvalue weighted by atomic mass is 16.3. The minimum Gasteiger partial charge on any atom is -0.394 e. The average molecular weight is 173 g/mol. The van der Waals surface area contributed by atoms with E-state index in [9.17, 15) is 0 Å². The van der Waals surface area contributed by atoms with Crippen molar-refractivity contribution < 1.29 is 5.11 Å². The zero-order valence-electron chi connectivity index (χ0n) is 8.47. The zero-order chi connectivity index (χ0) is 9.45. The number of unbranched alkanes of at least 4 members (excludes halogenated alkanes) is 2. The summed E-state index contributed by atoms with van der Waals surface area (Å²) in [7, 11) is 0. The van der Waals surface area contributed by atoms with Crippen LogP contribution in [0.25, 0.3) is 0 Å². The Morgan fingerprint density at radius 3 is 2.17 bits per heavy atom. The van der Waals surface area contributed by atoms with Crippen LogP contribution in [0.1, 0.15) is 52.4 Å². The first-order valence-electron chi connectivity index (χ1n) is 5.08. The molecule has 0 aliphatic heterocycles. The Bertz CT molecular complexity index is 106. The first-order chi connectivity index (χ1) is 5.68. The van der Waals surface area contributed by atoms with Crippen molar-refractivity contribution in [2.45, 2.75) is 57.9 Å². The maximum absolute atomic E-state index is 9.09. The third-order valence-electron chi connectivity index (χ3n) is 2.34. The Morgan fingerprint density at radius 1 is 1.08 bits per heavy atom. The Morgan fingerprint density at radius 2 is 1.75 bits per heavy atom. The van der Waals surface area contributed by atoms with Crippen LogP contribution in [-0.2, 0) is 0 Å². The molecule has 0 amide bonds. The summed E-state index contributed by atoms with van der Waals surface area (Å²) in [6.45, 7) is 4.42. The van der Waals surface area contributed by atoms with E-state index < -0.39 is 0 Å². The van der Waals surface area contributed by atoms with Crippen LogP contribution in [0.2, 0.25) is 0 Å². The van der Waals surface area contributed by atoms with Gasteiger partial charge in [0, 0.05) is 5.54 Å². The molecular weight excluding hydrogens is 150 g/mol. The van der Waals surface area contributed by atoms with Crippen LogP contribution in [0.15, 0.2) is 0 Å². The maximum atomic E-state index is 9.09. The molecular formula is C10H23NO. The zero-order valence-corrected chi connectivity index (χ0v) is 8.47. The van der Waals surface area contributed by atoms with Gasteiger partial charge >= 0.3 is 0 Å². The lowest BCUT2D eigenvalue weighted by Gasteiger charge is -2.26. The van der Waals surface area contributed by atoms with Gasteiger partial charge in [-0.25, -0.2) is 0 Å². The topological polar surface area (TPSA) is 46.2 Å². The van der Waals surface area contributed by atoms with Gasteiger partial charge in [-0.2, -0.15) is 0 Å². The average Bonchev–Trinajstić information content (AvgIpc) is 2.06. The molecule has 1 unspecified atom stereocenters. The van der Waals surface area contributed by atoms with Gasteiger partial charge in [-0.1, -0.05) is 39.5 Å². The van der Waals surface area contributed by atoms with E-state index in [0.29, 0.717) is 0 Å². The molecule has 3 N–H and O–H groups in total. The van der Waals surface area contributed by atoms with Gasteiger partial charge in [0.1, 0.15) is 0 Å². The Hall–Kier alpha value is -0.0800. The third-order valence-corrected chi connectivity index (χ3v) is 2.34. The molecule has 0 aromatic rings. The van der Waals surface area contributed by atoms with E-state index in [-0.39, 0.29) is 12.1 Å². The van der Waals surface area contributed by atoms with E-state index in [4.69, 9.17) is 10.8 Å². The fourth-order valence-electron chi connectivity index (χ4n) is 1.51. The van der Waals surface area contributed by atoms with E-state index in [0.717, 1.165) is 25.7 Å². The quantitative estimate of drug-likeness (QED) is 0.579. The fraction of sp³-hybridized carbons (Fsp3) is 1.00. The molecule has 2 heteroatoms. The lowest BCUT2D eigenvalue weighted by molar-refractivity contribution is 0.174. The highest BCUT2D eigenvalue weighted by Crippen LogP contribution is 2.17. The van der Waals surface area contributed by atoms with Crippen LogP contribution in [0.5, 0.6) is 0 Å². The second kappa shape index (κ2) is 6.44.